The normalized spacial score (nSPS) is 13.2. The van der Waals surface area contributed by atoms with Gasteiger partial charge in [-0.3, -0.25) is 5.84 Å². The molecule has 0 fully saturated rings. The topological polar surface area (TPSA) is 60.4 Å². The molecule has 1 aromatic heterocycles. The summed E-state index contributed by atoms with van der Waals surface area (Å²) in [5.41, 5.74) is 2.63. The third kappa shape index (κ3) is 3.53. The predicted molar refractivity (Wildman–Crippen MR) is 68.7 cm³/mol. The van der Waals surface area contributed by atoms with Crippen LogP contribution in [0.5, 0.6) is 5.75 Å². The molecule has 0 saturated carbocycles. The number of halogens is 4. The van der Waals surface area contributed by atoms with Crippen molar-refractivity contribution in [2.24, 2.45) is 5.84 Å². The fraction of sp³-hybridized carbons (Fsp3) is 0.167. The third-order valence-electron chi connectivity index (χ3n) is 2.50. The van der Waals surface area contributed by atoms with E-state index in [0.717, 1.165) is 0 Å². The van der Waals surface area contributed by atoms with Crippen molar-refractivity contribution in [3.8, 4) is 5.75 Å². The molecule has 0 radical (unpaired) electrons. The molecule has 0 saturated heterocycles. The van der Waals surface area contributed by atoms with Gasteiger partial charge in [0, 0.05) is 5.56 Å². The fourth-order valence-corrected chi connectivity index (χ4v) is 2.06. The van der Waals surface area contributed by atoms with Crippen LogP contribution in [0.3, 0.4) is 0 Å². The Morgan fingerprint density at radius 2 is 1.90 bits per heavy atom. The SMILES string of the molecule is NNC(c1ccc(Br)o1)c1ccccc1OC(F)(F)F. The van der Waals surface area contributed by atoms with E-state index in [4.69, 9.17) is 10.3 Å². The van der Waals surface area contributed by atoms with Gasteiger partial charge in [-0.25, -0.2) is 5.43 Å². The molecule has 0 amide bonds. The number of para-hydroxylation sites is 1. The van der Waals surface area contributed by atoms with Gasteiger partial charge >= 0.3 is 6.36 Å². The van der Waals surface area contributed by atoms with E-state index in [2.05, 4.69) is 26.1 Å². The van der Waals surface area contributed by atoms with Crippen LogP contribution in [0, 0.1) is 0 Å². The first-order valence-corrected chi connectivity index (χ1v) is 6.26. The van der Waals surface area contributed by atoms with Crippen LogP contribution in [0.25, 0.3) is 0 Å². The fourth-order valence-electron chi connectivity index (χ4n) is 1.75. The number of nitrogens with one attached hydrogen (secondary N) is 1. The maximum Gasteiger partial charge on any atom is 0.573 e. The molecule has 108 valence electrons. The van der Waals surface area contributed by atoms with E-state index >= 15 is 0 Å². The molecular weight excluding hydrogens is 341 g/mol. The molecule has 8 heteroatoms. The molecule has 1 unspecified atom stereocenters. The van der Waals surface area contributed by atoms with Crippen LogP contribution in [0.4, 0.5) is 13.2 Å². The van der Waals surface area contributed by atoms with E-state index in [0.29, 0.717) is 10.4 Å². The number of hydrazine groups is 1. The Bertz CT molecular complexity index is 586. The van der Waals surface area contributed by atoms with Crippen LogP contribution in [-0.4, -0.2) is 6.36 Å². The Kier molecular flexibility index (Phi) is 4.36. The van der Waals surface area contributed by atoms with Crippen LogP contribution in [0.2, 0.25) is 0 Å². The van der Waals surface area contributed by atoms with E-state index in [1.165, 1.54) is 18.2 Å². The first kappa shape index (κ1) is 14.9. The molecule has 0 spiro atoms. The van der Waals surface area contributed by atoms with Crippen molar-refractivity contribution < 1.29 is 22.3 Å². The lowest BCUT2D eigenvalue weighted by molar-refractivity contribution is -0.275. The summed E-state index contributed by atoms with van der Waals surface area (Å²) in [4.78, 5) is 0. The first-order valence-electron chi connectivity index (χ1n) is 5.47. The summed E-state index contributed by atoms with van der Waals surface area (Å²) in [6.45, 7) is 0. The second kappa shape index (κ2) is 5.86. The summed E-state index contributed by atoms with van der Waals surface area (Å²) in [6, 6.07) is 8.16. The van der Waals surface area contributed by atoms with Gasteiger partial charge in [0.05, 0.1) is 0 Å². The Balaban J connectivity index is 2.39. The highest BCUT2D eigenvalue weighted by atomic mass is 79.9. The molecule has 1 atom stereocenters. The van der Waals surface area contributed by atoms with E-state index in [1.807, 2.05) is 0 Å². The molecule has 1 heterocycles. The van der Waals surface area contributed by atoms with Crippen molar-refractivity contribution >= 4 is 15.9 Å². The minimum atomic E-state index is -4.78. The number of benzene rings is 1. The Morgan fingerprint density at radius 3 is 2.45 bits per heavy atom. The van der Waals surface area contributed by atoms with Gasteiger partial charge in [-0.05, 0) is 34.1 Å². The number of furan rings is 1. The zero-order valence-electron chi connectivity index (χ0n) is 9.95. The van der Waals surface area contributed by atoms with E-state index in [9.17, 15) is 13.2 Å². The molecule has 0 bridgehead atoms. The number of ether oxygens (including phenoxy) is 1. The number of nitrogens with two attached hydrogens (primary N) is 1. The highest BCUT2D eigenvalue weighted by Gasteiger charge is 2.33. The van der Waals surface area contributed by atoms with E-state index < -0.39 is 12.4 Å². The summed E-state index contributed by atoms with van der Waals surface area (Å²) in [6.07, 6.45) is -4.78. The van der Waals surface area contributed by atoms with Gasteiger partial charge in [-0.15, -0.1) is 13.2 Å². The maximum absolute atomic E-state index is 12.4. The molecule has 0 aliphatic carbocycles. The maximum atomic E-state index is 12.4. The van der Waals surface area contributed by atoms with Gasteiger partial charge in [0.25, 0.3) is 0 Å². The lowest BCUT2D eigenvalue weighted by Gasteiger charge is -2.18. The molecule has 1 aromatic carbocycles. The predicted octanol–water partition coefficient (Wildman–Crippen LogP) is 3.49. The zero-order chi connectivity index (χ0) is 14.8. The minimum absolute atomic E-state index is 0.217. The van der Waals surface area contributed by atoms with Gasteiger partial charge in [-0.2, -0.15) is 0 Å². The molecule has 3 N–H and O–H groups in total. The molecule has 0 aliphatic rings. The quantitative estimate of drug-likeness (QED) is 0.654. The van der Waals surface area contributed by atoms with E-state index in [-0.39, 0.29) is 11.3 Å². The lowest BCUT2D eigenvalue weighted by atomic mass is 10.0. The summed E-state index contributed by atoms with van der Waals surface area (Å²) < 4.78 is 46.9. The molecule has 2 aromatic rings. The Hall–Kier alpha value is -1.51. The smallest absolute Gasteiger partial charge is 0.452 e. The van der Waals surface area contributed by atoms with Gasteiger partial charge in [0.15, 0.2) is 4.67 Å². The second-order valence-electron chi connectivity index (χ2n) is 3.83. The summed E-state index contributed by atoms with van der Waals surface area (Å²) in [7, 11) is 0. The lowest BCUT2D eigenvalue weighted by Crippen LogP contribution is -2.29. The monoisotopic (exact) mass is 350 g/mol. The summed E-state index contributed by atoms with van der Waals surface area (Å²) in [5.74, 6) is 5.44. The van der Waals surface area contributed by atoms with Crippen LogP contribution < -0.4 is 16.0 Å². The Labute approximate surface area is 120 Å². The largest absolute Gasteiger partial charge is 0.573 e. The van der Waals surface area contributed by atoms with Crippen molar-refractivity contribution in [2.75, 3.05) is 0 Å². The third-order valence-corrected chi connectivity index (χ3v) is 2.93. The standard InChI is InChI=1S/C12H10BrF3N2O2/c13-10-6-5-9(19-10)11(18-17)7-3-1-2-4-8(7)20-12(14,15)16/h1-6,11,18H,17H2. The number of alkyl halides is 3. The van der Waals surface area contributed by atoms with Crippen LogP contribution in [0.15, 0.2) is 45.5 Å². The van der Waals surface area contributed by atoms with Gasteiger partial charge in [0.2, 0.25) is 0 Å². The number of hydrogen-bond donors (Lipinski definition) is 2. The van der Waals surface area contributed by atoms with Crippen molar-refractivity contribution in [3.05, 3.63) is 52.4 Å². The molecular formula is C12H10BrF3N2O2. The van der Waals surface area contributed by atoms with E-state index in [1.54, 1.807) is 18.2 Å². The van der Waals surface area contributed by atoms with Crippen molar-refractivity contribution in [1.29, 1.82) is 0 Å². The van der Waals surface area contributed by atoms with Gasteiger partial charge < -0.3 is 9.15 Å². The average Bonchev–Trinajstić information content (AvgIpc) is 2.77. The minimum Gasteiger partial charge on any atom is -0.452 e. The first-order chi connectivity index (χ1) is 9.40. The van der Waals surface area contributed by atoms with Gasteiger partial charge in [-0.1, -0.05) is 18.2 Å². The number of hydrogen-bond acceptors (Lipinski definition) is 4. The van der Waals surface area contributed by atoms with Crippen molar-refractivity contribution in [3.63, 3.8) is 0 Å². The summed E-state index contributed by atoms with van der Waals surface area (Å²) >= 11 is 3.12. The highest BCUT2D eigenvalue weighted by Crippen LogP contribution is 2.34. The van der Waals surface area contributed by atoms with Gasteiger partial charge in [0.1, 0.15) is 17.6 Å². The van der Waals surface area contributed by atoms with Crippen molar-refractivity contribution in [2.45, 2.75) is 12.4 Å². The number of rotatable bonds is 4. The Morgan fingerprint density at radius 1 is 1.20 bits per heavy atom. The van der Waals surface area contributed by atoms with Crippen LogP contribution in [0.1, 0.15) is 17.4 Å². The molecule has 0 aliphatic heterocycles. The van der Waals surface area contributed by atoms with Crippen molar-refractivity contribution in [1.82, 2.24) is 5.43 Å². The molecule has 2 rings (SSSR count). The molecule has 4 nitrogen and oxygen atoms in total. The molecule has 20 heavy (non-hydrogen) atoms. The highest BCUT2D eigenvalue weighted by molar-refractivity contribution is 9.10. The van der Waals surface area contributed by atoms with Crippen LogP contribution in [-0.2, 0) is 0 Å². The second-order valence-corrected chi connectivity index (χ2v) is 4.61. The van der Waals surface area contributed by atoms with Crippen LogP contribution >= 0.6 is 15.9 Å². The summed E-state index contributed by atoms with van der Waals surface area (Å²) in [5, 5.41) is 0. The average molecular weight is 351 g/mol. The zero-order valence-corrected chi connectivity index (χ0v) is 11.5.